The van der Waals surface area contributed by atoms with E-state index in [0.29, 0.717) is 35.1 Å². The minimum absolute atomic E-state index is 0.287. The van der Waals surface area contributed by atoms with Gasteiger partial charge in [-0.3, -0.25) is 0 Å². The van der Waals surface area contributed by atoms with Crippen molar-refractivity contribution < 1.29 is 19.0 Å². The number of rotatable bonds is 8. The number of nitrogens with zero attached hydrogens (tertiary/aromatic N) is 1. The van der Waals surface area contributed by atoms with Crippen molar-refractivity contribution in [1.82, 2.24) is 4.98 Å². The van der Waals surface area contributed by atoms with Gasteiger partial charge in [-0.15, -0.1) is 11.3 Å². The van der Waals surface area contributed by atoms with E-state index in [4.69, 9.17) is 25.8 Å². The van der Waals surface area contributed by atoms with Crippen LogP contribution in [0.25, 0.3) is 10.1 Å². The monoisotopic (exact) mass is 467 g/mol. The summed E-state index contributed by atoms with van der Waals surface area (Å²) in [5, 5.41) is 2.98. The van der Waals surface area contributed by atoms with Gasteiger partial charge in [0.25, 0.3) is 0 Å². The number of carbonyl (C=O) groups is 1. The SMILES string of the molecule is CCOC(=O)c1cnc(Cl)c2c(COc3cccc(OCc4ccccc4C)c3)csc12. The number of aromatic nitrogens is 1. The first kappa shape index (κ1) is 22.1. The van der Waals surface area contributed by atoms with Crippen LogP contribution in [0.4, 0.5) is 0 Å². The molecule has 4 rings (SSSR count). The van der Waals surface area contributed by atoms with Crippen molar-refractivity contribution in [3.8, 4) is 11.5 Å². The predicted octanol–water partition coefficient (Wildman–Crippen LogP) is 6.59. The van der Waals surface area contributed by atoms with Crippen molar-refractivity contribution >= 4 is 39.0 Å². The van der Waals surface area contributed by atoms with Crippen LogP contribution in [0.3, 0.4) is 0 Å². The maximum atomic E-state index is 12.2. The maximum absolute atomic E-state index is 12.2. The van der Waals surface area contributed by atoms with Gasteiger partial charge in [-0.05, 0) is 42.5 Å². The average Bonchev–Trinajstić information content (AvgIpc) is 3.23. The number of benzene rings is 2. The molecule has 0 aliphatic carbocycles. The standard InChI is InChI=1S/C25H22ClNO4S/c1-3-29-25(28)21-12-27-24(26)22-18(15-32-23(21)22)14-31-20-10-6-9-19(11-20)30-13-17-8-5-4-7-16(17)2/h4-12,15H,3,13-14H2,1-2H3. The molecule has 2 heterocycles. The molecule has 0 fully saturated rings. The number of hydrogen-bond donors (Lipinski definition) is 0. The Morgan fingerprint density at radius 3 is 2.47 bits per heavy atom. The smallest absolute Gasteiger partial charge is 0.341 e. The lowest BCUT2D eigenvalue weighted by Crippen LogP contribution is -2.05. The maximum Gasteiger partial charge on any atom is 0.341 e. The van der Waals surface area contributed by atoms with Gasteiger partial charge in [-0.1, -0.05) is 41.9 Å². The lowest BCUT2D eigenvalue weighted by Gasteiger charge is -2.11. The van der Waals surface area contributed by atoms with E-state index in [1.54, 1.807) is 6.92 Å². The number of hydrogen-bond acceptors (Lipinski definition) is 6. The fraction of sp³-hybridized carbons (Fsp3) is 0.200. The quantitative estimate of drug-likeness (QED) is 0.216. The van der Waals surface area contributed by atoms with Gasteiger partial charge in [0.2, 0.25) is 0 Å². The molecule has 2 aromatic carbocycles. The summed E-state index contributed by atoms with van der Waals surface area (Å²) in [5.74, 6) is 0.997. The molecule has 0 aliphatic heterocycles. The number of pyridine rings is 1. The van der Waals surface area contributed by atoms with Gasteiger partial charge < -0.3 is 14.2 Å². The molecule has 0 bridgehead atoms. The fourth-order valence-electron chi connectivity index (χ4n) is 3.27. The molecule has 0 spiro atoms. The van der Waals surface area contributed by atoms with Crippen LogP contribution in [0.2, 0.25) is 5.15 Å². The summed E-state index contributed by atoms with van der Waals surface area (Å²) in [6.07, 6.45) is 1.46. The predicted molar refractivity (Wildman–Crippen MR) is 127 cm³/mol. The van der Waals surface area contributed by atoms with Crippen LogP contribution in [0, 0.1) is 6.92 Å². The van der Waals surface area contributed by atoms with Crippen LogP contribution in [-0.4, -0.2) is 17.6 Å². The Labute approximate surface area is 195 Å². The summed E-state index contributed by atoms with van der Waals surface area (Å²) in [6, 6.07) is 15.7. The molecule has 4 aromatic rings. The number of fused-ring (bicyclic) bond motifs is 1. The molecule has 2 aromatic heterocycles. The molecule has 5 nitrogen and oxygen atoms in total. The highest BCUT2D eigenvalue weighted by molar-refractivity contribution is 7.17. The molecule has 0 radical (unpaired) electrons. The first-order valence-corrected chi connectivity index (χ1v) is 11.4. The van der Waals surface area contributed by atoms with Crippen molar-refractivity contribution in [2.75, 3.05) is 6.61 Å². The molecule has 0 atom stereocenters. The molecule has 7 heteroatoms. The van der Waals surface area contributed by atoms with E-state index < -0.39 is 5.97 Å². The van der Waals surface area contributed by atoms with E-state index in [-0.39, 0.29) is 6.61 Å². The fourth-order valence-corrected chi connectivity index (χ4v) is 4.65. The second-order valence-corrected chi connectivity index (χ2v) is 8.36. The molecule has 0 unspecified atom stereocenters. The van der Waals surface area contributed by atoms with Gasteiger partial charge in [0.15, 0.2) is 0 Å². The molecule has 0 saturated carbocycles. The van der Waals surface area contributed by atoms with Gasteiger partial charge in [0, 0.05) is 23.2 Å². The Balaban J connectivity index is 1.48. The van der Waals surface area contributed by atoms with E-state index in [2.05, 4.69) is 24.0 Å². The van der Waals surface area contributed by atoms with Crippen molar-refractivity contribution in [1.29, 1.82) is 0 Å². The van der Waals surface area contributed by atoms with Crippen LogP contribution < -0.4 is 9.47 Å². The highest BCUT2D eigenvalue weighted by Crippen LogP contribution is 2.34. The number of halogens is 1. The first-order chi connectivity index (χ1) is 15.6. The van der Waals surface area contributed by atoms with Crippen molar-refractivity contribution in [3.63, 3.8) is 0 Å². The van der Waals surface area contributed by atoms with Gasteiger partial charge in [-0.2, -0.15) is 0 Å². The van der Waals surface area contributed by atoms with E-state index in [1.807, 2.05) is 41.8 Å². The molecular weight excluding hydrogens is 446 g/mol. The van der Waals surface area contributed by atoms with Crippen LogP contribution in [0.15, 0.2) is 60.1 Å². The van der Waals surface area contributed by atoms with Crippen molar-refractivity contribution in [2.24, 2.45) is 0 Å². The third-order valence-corrected chi connectivity index (χ3v) is 6.32. The molecule has 0 saturated heterocycles. The zero-order chi connectivity index (χ0) is 22.5. The van der Waals surface area contributed by atoms with Crippen LogP contribution in [0.5, 0.6) is 11.5 Å². The minimum Gasteiger partial charge on any atom is -0.489 e. The van der Waals surface area contributed by atoms with E-state index >= 15 is 0 Å². The Kier molecular flexibility index (Phi) is 6.93. The topological polar surface area (TPSA) is 57.7 Å². The third-order valence-electron chi connectivity index (χ3n) is 4.98. The third kappa shape index (κ3) is 4.87. The number of aryl methyl sites for hydroxylation is 1. The normalized spacial score (nSPS) is 10.8. The number of carbonyl (C=O) groups excluding carboxylic acids is 1. The van der Waals surface area contributed by atoms with Crippen LogP contribution in [-0.2, 0) is 18.0 Å². The number of esters is 1. The van der Waals surface area contributed by atoms with E-state index in [0.717, 1.165) is 21.6 Å². The Morgan fingerprint density at radius 1 is 1.03 bits per heavy atom. The first-order valence-electron chi connectivity index (χ1n) is 10.2. The van der Waals surface area contributed by atoms with E-state index in [9.17, 15) is 4.79 Å². The molecule has 164 valence electrons. The number of thiophene rings is 1. The molecule has 32 heavy (non-hydrogen) atoms. The Morgan fingerprint density at radius 2 is 1.75 bits per heavy atom. The zero-order valence-electron chi connectivity index (χ0n) is 17.8. The van der Waals surface area contributed by atoms with Gasteiger partial charge in [-0.25, -0.2) is 9.78 Å². The summed E-state index contributed by atoms with van der Waals surface area (Å²) < 4.78 is 17.8. The highest BCUT2D eigenvalue weighted by Gasteiger charge is 2.18. The van der Waals surface area contributed by atoms with Gasteiger partial charge in [0.05, 0.1) is 16.9 Å². The van der Waals surface area contributed by atoms with Gasteiger partial charge >= 0.3 is 5.97 Å². The van der Waals surface area contributed by atoms with E-state index in [1.165, 1.54) is 23.1 Å². The minimum atomic E-state index is -0.408. The Bertz CT molecular complexity index is 1250. The zero-order valence-corrected chi connectivity index (χ0v) is 19.3. The second-order valence-electron chi connectivity index (χ2n) is 7.13. The summed E-state index contributed by atoms with van der Waals surface area (Å²) in [5.41, 5.74) is 3.61. The molecule has 0 amide bonds. The summed E-state index contributed by atoms with van der Waals surface area (Å²) >= 11 is 7.77. The van der Waals surface area contributed by atoms with Crippen molar-refractivity contribution in [2.45, 2.75) is 27.1 Å². The molecule has 0 aliphatic rings. The van der Waals surface area contributed by atoms with Gasteiger partial charge in [0.1, 0.15) is 29.9 Å². The second kappa shape index (κ2) is 10.0. The summed E-state index contributed by atoms with van der Waals surface area (Å²) in [6.45, 7) is 4.91. The lowest BCUT2D eigenvalue weighted by atomic mass is 10.1. The molecular formula is C25H22ClNO4S. The lowest BCUT2D eigenvalue weighted by molar-refractivity contribution is 0.0528. The van der Waals surface area contributed by atoms with Crippen molar-refractivity contribution in [3.05, 3.63) is 87.5 Å². The molecule has 0 N–H and O–H groups in total. The Hall–Kier alpha value is -3.09. The van der Waals surface area contributed by atoms with Crippen LogP contribution in [0.1, 0.15) is 34.0 Å². The number of ether oxygens (including phenoxy) is 3. The average molecular weight is 468 g/mol. The largest absolute Gasteiger partial charge is 0.489 e. The van der Waals surface area contributed by atoms with Crippen LogP contribution >= 0.6 is 22.9 Å². The summed E-state index contributed by atoms with van der Waals surface area (Å²) in [7, 11) is 0. The highest BCUT2D eigenvalue weighted by atomic mass is 35.5. The summed E-state index contributed by atoms with van der Waals surface area (Å²) in [4.78, 5) is 16.4.